The van der Waals surface area contributed by atoms with Crippen LogP contribution in [0.15, 0.2) is 47.6 Å². The molecule has 5 rings (SSSR count). The topological polar surface area (TPSA) is 169 Å². The number of esters is 4. The minimum absolute atomic E-state index is 0. The molecule has 59 heavy (non-hydrogen) atoms. The third-order valence-electron chi connectivity index (χ3n) is 13.6. The summed E-state index contributed by atoms with van der Waals surface area (Å²) in [6.07, 6.45) is 12.0. The zero-order valence-electron chi connectivity index (χ0n) is 36.8. The Hall–Kier alpha value is -2.28. The Morgan fingerprint density at radius 3 is 1.98 bits per heavy atom. The fraction of sp³-hybridized carbons (Fsp3) is 0.745. The van der Waals surface area contributed by atoms with E-state index in [0.29, 0.717) is 38.5 Å². The Kier molecular flexibility index (Phi) is 19.0. The van der Waals surface area contributed by atoms with Crippen LogP contribution in [0.5, 0.6) is 0 Å². The Morgan fingerprint density at radius 1 is 0.831 bits per heavy atom. The first kappa shape index (κ1) is 49.4. The maximum absolute atomic E-state index is 13.1. The molecule has 5 aliphatic rings. The summed E-state index contributed by atoms with van der Waals surface area (Å²) in [6.45, 7) is 14.0. The third kappa shape index (κ3) is 13.4. The predicted molar refractivity (Wildman–Crippen MR) is 216 cm³/mol. The fourth-order valence-corrected chi connectivity index (χ4v) is 9.87. The number of cyclic esters (lactones) is 1. The van der Waals surface area contributed by atoms with Crippen LogP contribution in [-0.2, 0) is 38.1 Å². The van der Waals surface area contributed by atoms with Gasteiger partial charge in [-0.15, -0.1) is 6.10 Å². The number of fused-ring (bicyclic) bond motifs is 2. The van der Waals surface area contributed by atoms with Crippen LogP contribution < -0.4 is 34.7 Å². The number of aliphatic hydroxyl groups is 2. The molecule has 4 aliphatic carbocycles. The molecule has 0 bridgehead atoms. The molecule has 0 spiro atoms. The van der Waals surface area contributed by atoms with Crippen LogP contribution in [0, 0.1) is 53.3 Å². The van der Waals surface area contributed by atoms with Gasteiger partial charge in [0, 0.05) is 31.1 Å². The fourth-order valence-electron chi connectivity index (χ4n) is 9.87. The number of hydrogen-bond donors (Lipinski definition) is 2. The molecule has 0 radical (unpaired) electrons. The Bertz CT molecular complexity index is 1570. The van der Waals surface area contributed by atoms with E-state index >= 15 is 0 Å². The van der Waals surface area contributed by atoms with Crippen LogP contribution >= 0.6 is 0 Å². The van der Waals surface area contributed by atoms with Crippen LogP contribution in [0.3, 0.4) is 0 Å². The van der Waals surface area contributed by atoms with Crippen molar-refractivity contribution in [3.05, 3.63) is 47.6 Å². The summed E-state index contributed by atoms with van der Waals surface area (Å²) in [5.74, 6) is -1.23. The summed E-state index contributed by atoms with van der Waals surface area (Å²) in [7, 11) is 0. The minimum atomic E-state index is -1.38. The summed E-state index contributed by atoms with van der Waals surface area (Å²) in [4.78, 5) is 51.3. The van der Waals surface area contributed by atoms with Crippen molar-refractivity contribution in [2.75, 3.05) is 0 Å². The minimum Gasteiger partial charge on any atom is -0.851 e. The number of carbonyl (C=O) groups excluding carboxylic acids is 4. The molecule has 1 saturated heterocycles. The molecule has 16 atom stereocenters. The molecule has 1 fully saturated rings. The molecular formula is C47H69NaO11. The monoisotopic (exact) mass is 832 g/mol. The number of hydrogen-bond acceptors (Lipinski definition) is 11. The van der Waals surface area contributed by atoms with Gasteiger partial charge in [-0.3, -0.25) is 19.2 Å². The first-order valence-electron chi connectivity index (χ1n) is 22.2. The van der Waals surface area contributed by atoms with Crippen molar-refractivity contribution in [3.8, 4) is 0 Å². The quantitative estimate of drug-likeness (QED) is 0.125. The van der Waals surface area contributed by atoms with Crippen molar-refractivity contribution in [1.82, 2.24) is 0 Å². The smallest absolute Gasteiger partial charge is 0.851 e. The van der Waals surface area contributed by atoms with Gasteiger partial charge in [0.1, 0.15) is 24.4 Å². The van der Waals surface area contributed by atoms with E-state index in [2.05, 4.69) is 45.1 Å². The largest absolute Gasteiger partial charge is 1.00 e. The maximum atomic E-state index is 13.1. The summed E-state index contributed by atoms with van der Waals surface area (Å²) < 4.78 is 23.5. The van der Waals surface area contributed by atoms with Crippen LogP contribution in [0.4, 0.5) is 0 Å². The number of ether oxygens (including phenoxy) is 4. The van der Waals surface area contributed by atoms with E-state index in [1.165, 1.54) is 5.57 Å². The van der Waals surface area contributed by atoms with Crippen molar-refractivity contribution < 1.29 is 83.0 Å². The second-order valence-electron chi connectivity index (χ2n) is 18.3. The molecule has 0 saturated carbocycles. The molecule has 0 amide bonds. The first-order chi connectivity index (χ1) is 27.6. The average molecular weight is 833 g/mol. The van der Waals surface area contributed by atoms with E-state index in [4.69, 9.17) is 18.9 Å². The summed E-state index contributed by atoms with van der Waals surface area (Å²) in [6, 6.07) is 0. The van der Waals surface area contributed by atoms with E-state index < -0.39 is 55.0 Å². The number of allylic oxidation sites excluding steroid dienone is 5. The van der Waals surface area contributed by atoms with Crippen molar-refractivity contribution in [2.45, 2.75) is 168 Å². The van der Waals surface area contributed by atoms with E-state index in [1.54, 1.807) is 0 Å². The van der Waals surface area contributed by atoms with Gasteiger partial charge >= 0.3 is 53.4 Å². The van der Waals surface area contributed by atoms with E-state index in [-0.39, 0.29) is 114 Å². The van der Waals surface area contributed by atoms with Crippen LogP contribution in [-0.4, -0.2) is 76.8 Å². The van der Waals surface area contributed by atoms with Gasteiger partial charge in [0.25, 0.3) is 0 Å². The number of rotatable bonds is 17. The van der Waals surface area contributed by atoms with Gasteiger partial charge in [-0.25, -0.2) is 0 Å². The van der Waals surface area contributed by atoms with Crippen molar-refractivity contribution in [2.24, 2.45) is 53.3 Å². The number of carbonyl (C=O) groups is 4. The van der Waals surface area contributed by atoms with Gasteiger partial charge in [-0.2, -0.15) is 0 Å². The molecule has 0 aromatic carbocycles. The van der Waals surface area contributed by atoms with Crippen LogP contribution in [0.1, 0.15) is 126 Å². The molecule has 2 N–H and O–H groups in total. The summed E-state index contributed by atoms with van der Waals surface area (Å²) in [5, 5.41) is 34.5. The zero-order valence-corrected chi connectivity index (χ0v) is 38.8. The van der Waals surface area contributed by atoms with Gasteiger partial charge in [0.2, 0.25) is 0 Å². The molecular weight excluding hydrogens is 763 g/mol. The SMILES string of the molecule is CC[C@H](C)C(=O)O[C@H]1C[C@H](O)C=C2C=C[C@H](C)[C@H](CC[C@@H](O)C[C@@H]([O-])CC(=O)O[C@@H]3CC(=O)OC(CC[C@H]4[C@H]5C(=C[C@@H](C)C[C@H]5OC(=O)[C@@H](C)CC)C=C[C@H]4C)C3)[C@H]21.[Na+]. The maximum Gasteiger partial charge on any atom is 1.00 e. The molecule has 12 heteroatoms. The van der Waals surface area contributed by atoms with E-state index in [0.717, 1.165) is 24.8 Å². The van der Waals surface area contributed by atoms with Crippen LogP contribution in [0.2, 0.25) is 0 Å². The zero-order chi connectivity index (χ0) is 42.3. The molecule has 0 aromatic heterocycles. The second-order valence-corrected chi connectivity index (χ2v) is 18.3. The Labute approximate surface area is 374 Å². The second kappa shape index (κ2) is 22.7. The van der Waals surface area contributed by atoms with Gasteiger partial charge in [-0.1, -0.05) is 84.9 Å². The summed E-state index contributed by atoms with van der Waals surface area (Å²) >= 11 is 0. The van der Waals surface area contributed by atoms with Crippen LogP contribution in [0.25, 0.3) is 0 Å². The first-order valence-corrected chi connectivity index (χ1v) is 22.2. The average Bonchev–Trinajstić information content (AvgIpc) is 3.16. The van der Waals surface area contributed by atoms with Gasteiger partial charge in [-0.05, 0) is 92.1 Å². The van der Waals surface area contributed by atoms with Gasteiger partial charge in [0.15, 0.2) is 0 Å². The molecule has 324 valence electrons. The van der Waals surface area contributed by atoms with E-state index in [1.807, 2.05) is 39.8 Å². The van der Waals surface area contributed by atoms with E-state index in [9.17, 15) is 34.5 Å². The number of aliphatic hydroxyl groups excluding tert-OH is 2. The van der Waals surface area contributed by atoms with Crippen molar-refractivity contribution >= 4 is 23.9 Å². The molecule has 1 unspecified atom stereocenters. The predicted octanol–water partition coefficient (Wildman–Crippen LogP) is 3.49. The van der Waals surface area contributed by atoms with Gasteiger partial charge < -0.3 is 34.3 Å². The molecule has 1 aliphatic heterocycles. The molecule has 1 heterocycles. The standard InChI is InChI=1S/C47H69O11.Na/c1-8-27(4)46(53)57-40-19-26(3)18-31-12-10-30(7)39(44(31)40)17-15-36-24-37(25-43(52)55-36)56-42(51)23-35(50)21-33(48)14-16-38-29(6)11-13-32-20-34(49)22-41(45(32)38)58-47(54)28(5)9-2;/h10-13,18,20,26-30,33-41,44-45,48-49H,8-9,14-17,19,21-25H2,1-7H3;/q-1;+1/t26-,27+,28+,29+,30-,33-,34-,35-,36?,37+,38+,39-,40-,41+,44-,45+;/m1./s1. The molecule has 0 aromatic rings. The van der Waals surface area contributed by atoms with Gasteiger partial charge in [0.05, 0.1) is 30.5 Å². The Morgan fingerprint density at radius 2 is 1.39 bits per heavy atom. The third-order valence-corrected chi connectivity index (χ3v) is 13.6. The molecule has 11 nitrogen and oxygen atoms in total. The normalized spacial score (nSPS) is 34.6. The van der Waals surface area contributed by atoms with Crippen molar-refractivity contribution in [1.29, 1.82) is 0 Å². The Balaban J connectivity index is 0.00000769. The summed E-state index contributed by atoms with van der Waals surface area (Å²) in [5.41, 5.74) is 2.12. The van der Waals surface area contributed by atoms with Crippen molar-refractivity contribution in [3.63, 3.8) is 0 Å².